The van der Waals surface area contributed by atoms with Crippen LogP contribution in [0.1, 0.15) is 16.2 Å². The predicted molar refractivity (Wildman–Crippen MR) is 69.9 cm³/mol. The lowest BCUT2D eigenvalue weighted by molar-refractivity contribution is 0.579. The van der Waals surface area contributed by atoms with E-state index in [0.29, 0.717) is 24.4 Å². The molecule has 0 spiro atoms. The van der Waals surface area contributed by atoms with Gasteiger partial charge in [-0.05, 0) is 32.9 Å². The molecule has 0 bridgehead atoms. The van der Waals surface area contributed by atoms with Crippen molar-refractivity contribution in [2.45, 2.75) is 25.2 Å². The summed E-state index contributed by atoms with van der Waals surface area (Å²) in [5, 5.41) is 0. The minimum atomic E-state index is -3.34. The fourth-order valence-corrected chi connectivity index (χ4v) is 3.89. The van der Waals surface area contributed by atoms with Crippen molar-refractivity contribution in [2.24, 2.45) is 5.73 Å². The number of nitrogens with two attached hydrogens (primary N) is 1. The normalized spacial score (nSPS) is 11.2. The monoisotopic (exact) mass is 284 g/mol. The summed E-state index contributed by atoms with van der Waals surface area (Å²) in [5.74, 6) is 0. The van der Waals surface area contributed by atoms with Crippen LogP contribution in [0.4, 0.5) is 0 Å². The summed E-state index contributed by atoms with van der Waals surface area (Å²) in [4.78, 5) is 2.22. The number of sulfonamides is 1. The first kappa shape index (κ1) is 15.9. The predicted octanol–water partition coefficient (Wildman–Crippen LogP) is 1.41. The van der Waals surface area contributed by atoms with Crippen LogP contribution in [0.25, 0.3) is 0 Å². The van der Waals surface area contributed by atoms with Crippen molar-refractivity contribution in [1.29, 1.82) is 0 Å². The molecule has 3 N–H and O–H groups in total. The average Bonchev–Trinajstić information content (AvgIpc) is 2.46. The lowest BCUT2D eigenvalue weighted by atomic mass is 10.4. The molecule has 16 heavy (non-hydrogen) atoms. The van der Waals surface area contributed by atoms with E-state index in [4.69, 9.17) is 5.73 Å². The number of halogens is 1. The molecule has 0 fully saturated rings. The number of hydrogen-bond acceptors (Lipinski definition) is 4. The van der Waals surface area contributed by atoms with Crippen LogP contribution in [0.2, 0.25) is 0 Å². The standard InChI is InChI=1S/C9H16N2O2S2.ClH/c1-7-6-9(8(2)14-7)15(12,13)11-5-3-4-10;/h6,11H,3-5,10H2,1-2H3;1H. The third kappa shape index (κ3) is 4.03. The van der Waals surface area contributed by atoms with Gasteiger partial charge in [0.25, 0.3) is 0 Å². The second-order valence-electron chi connectivity index (χ2n) is 3.32. The Labute approximate surface area is 107 Å². The Kier molecular flexibility index (Phi) is 6.50. The fourth-order valence-electron chi connectivity index (χ4n) is 1.26. The summed E-state index contributed by atoms with van der Waals surface area (Å²) >= 11 is 1.49. The Morgan fingerprint density at radius 2 is 2.06 bits per heavy atom. The molecule has 1 heterocycles. The highest BCUT2D eigenvalue weighted by atomic mass is 35.5. The van der Waals surface area contributed by atoms with Gasteiger partial charge in [-0.2, -0.15) is 0 Å². The van der Waals surface area contributed by atoms with Crippen LogP contribution in [0, 0.1) is 13.8 Å². The molecule has 1 rings (SSSR count). The zero-order chi connectivity index (χ0) is 11.5. The van der Waals surface area contributed by atoms with Gasteiger partial charge in [-0.3, -0.25) is 0 Å². The number of hydrogen-bond donors (Lipinski definition) is 2. The Bertz CT molecular complexity index is 429. The summed E-state index contributed by atoms with van der Waals surface area (Å²) in [5.41, 5.74) is 5.30. The molecule has 0 aliphatic carbocycles. The maximum absolute atomic E-state index is 11.8. The summed E-state index contributed by atoms with van der Waals surface area (Å²) in [6.07, 6.45) is 0.654. The number of thiophene rings is 1. The van der Waals surface area contributed by atoms with E-state index in [9.17, 15) is 8.42 Å². The van der Waals surface area contributed by atoms with E-state index < -0.39 is 10.0 Å². The van der Waals surface area contributed by atoms with Gasteiger partial charge in [0.1, 0.15) is 0 Å². The number of aryl methyl sites for hydroxylation is 2. The summed E-state index contributed by atoms with van der Waals surface area (Å²) in [6.45, 7) is 4.60. The molecule has 94 valence electrons. The highest BCUT2D eigenvalue weighted by molar-refractivity contribution is 7.89. The van der Waals surface area contributed by atoms with Crippen LogP contribution in [0.15, 0.2) is 11.0 Å². The fraction of sp³-hybridized carbons (Fsp3) is 0.556. The molecule has 0 aliphatic heterocycles. The van der Waals surface area contributed by atoms with Gasteiger partial charge >= 0.3 is 0 Å². The smallest absolute Gasteiger partial charge is 0.241 e. The van der Waals surface area contributed by atoms with Gasteiger partial charge in [-0.25, -0.2) is 13.1 Å². The third-order valence-corrected chi connectivity index (χ3v) is 4.64. The van der Waals surface area contributed by atoms with Crippen LogP contribution in [0.5, 0.6) is 0 Å². The topological polar surface area (TPSA) is 72.2 Å². The van der Waals surface area contributed by atoms with Crippen LogP contribution >= 0.6 is 23.7 Å². The molecule has 1 aromatic rings. The van der Waals surface area contributed by atoms with Crippen molar-refractivity contribution in [1.82, 2.24) is 4.72 Å². The van der Waals surface area contributed by atoms with Crippen LogP contribution in [-0.4, -0.2) is 21.5 Å². The van der Waals surface area contributed by atoms with Crippen LogP contribution < -0.4 is 10.5 Å². The number of nitrogens with one attached hydrogen (secondary N) is 1. The summed E-state index contributed by atoms with van der Waals surface area (Å²) in [7, 11) is -3.34. The molecule has 4 nitrogen and oxygen atoms in total. The SMILES string of the molecule is Cc1cc(S(=O)(=O)NCCCN)c(C)s1.Cl. The van der Waals surface area contributed by atoms with Crippen molar-refractivity contribution in [3.63, 3.8) is 0 Å². The summed E-state index contributed by atoms with van der Waals surface area (Å²) < 4.78 is 26.1. The van der Waals surface area contributed by atoms with Crippen molar-refractivity contribution < 1.29 is 8.42 Å². The second kappa shape index (κ2) is 6.56. The molecule has 7 heteroatoms. The van der Waals surface area contributed by atoms with E-state index in [2.05, 4.69) is 4.72 Å². The molecule has 0 saturated carbocycles. The average molecular weight is 285 g/mol. The van der Waals surface area contributed by atoms with E-state index in [-0.39, 0.29) is 12.4 Å². The maximum Gasteiger partial charge on any atom is 0.241 e. The Hall–Kier alpha value is -0.140. The van der Waals surface area contributed by atoms with Crippen molar-refractivity contribution in [3.05, 3.63) is 15.8 Å². The lowest BCUT2D eigenvalue weighted by Crippen LogP contribution is -2.26. The molecule has 0 unspecified atom stereocenters. The van der Waals surface area contributed by atoms with E-state index in [1.54, 1.807) is 6.07 Å². The Morgan fingerprint density at radius 3 is 2.50 bits per heavy atom. The highest BCUT2D eigenvalue weighted by Crippen LogP contribution is 2.24. The quantitative estimate of drug-likeness (QED) is 0.803. The first-order valence-corrected chi connectivity index (χ1v) is 7.04. The molecule has 1 aromatic heterocycles. The van der Waals surface area contributed by atoms with Gasteiger partial charge in [0.05, 0.1) is 4.90 Å². The Morgan fingerprint density at radius 1 is 1.44 bits per heavy atom. The Balaban J connectivity index is 0.00000225. The summed E-state index contributed by atoms with van der Waals surface area (Å²) in [6, 6.07) is 1.70. The molecule has 0 saturated heterocycles. The maximum atomic E-state index is 11.8. The van der Waals surface area contributed by atoms with E-state index in [0.717, 1.165) is 9.75 Å². The zero-order valence-corrected chi connectivity index (χ0v) is 11.8. The minimum Gasteiger partial charge on any atom is -0.330 e. The largest absolute Gasteiger partial charge is 0.330 e. The van der Waals surface area contributed by atoms with Crippen molar-refractivity contribution in [2.75, 3.05) is 13.1 Å². The first-order valence-electron chi connectivity index (χ1n) is 4.74. The minimum absolute atomic E-state index is 0. The molecule has 0 atom stereocenters. The van der Waals surface area contributed by atoms with Gasteiger partial charge in [-0.15, -0.1) is 23.7 Å². The van der Waals surface area contributed by atoms with Crippen molar-refractivity contribution in [3.8, 4) is 0 Å². The molecule has 0 radical (unpaired) electrons. The van der Waals surface area contributed by atoms with E-state index in [1.807, 2.05) is 13.8 Å². The number of rotatable bonds is 5. The molecule has 0 aromatic carbocycles. The van der Waals surface area contributed by atoms with E-state index >= 15 is 0 Å². The van der Waals surface area contributed by atoms with Crippen LogP contribution in [0.3, 0.4) is 0 Å². The third-order valence-electron chi connectivity index (χ3n) is 1.96. The van der Waals surface area contributed by atoms with Gasteiger partial charge in [0.2, 0.25) is 10.0 Å². The van der Waals surface area contributed by atoms with Gasteiger partial charge in [0.15, 0.2) is 0 Å². The second-order valence-corrected chi connectivity index (χ2v) is 6.51. The van der Waals surface area contributed by atoms with Gasteiger partial charge < -0.3 is 5.73 Å². The molecule has 0 aliphatic rings. The molecular weight excluding hydrogens is 268 g/mol. The zero-order valence-electron chi connectivity index (χ0n) is 9.32. The molecular formula is C9H17ClN2O2S2. The van der Waals surface area contributed by atoms with Crippen molar-refractivity contribution >= 4 is 33.8 Å². The van der Waals surface area contributed by atoms with Gasteiger partial charge in [0, 0.05) is 16.3 Å². The molecule has 0 amide bonds. The first-order chi connectivity index (χ1) is 6.97. The highest BCUT2D eigenvalue weighted by Gasteiger charge is 2.17. The van der Waals surface area contributed by atoms with E-state index in [1.165, 1.54) is 11.3 Å². The van der Waals surface area contributed by atoms with Gasteiger partial charge in [-0.1, -0.05) is 0 Å². The lowest BCUT2D eigenvalue weighted by Gasteiger charge is -2.04. The van der Waals surface area contributed by atoms with Crippen LogP contribution in [-0.2, 0) is 10.0 Å².